The Hall–Kier alpha value is -3.28. The molecule has 148 valence electrons. The van der Waals surface area contributed by atoms with Gasteiger partial charge in [-0.25, -0.2) is 4.98 Å². The predicted octanol–water partition coefficient (Wildman–Crippen LogP) is 3.05. The quantitative estimate of drug-likeness (QED) is 0.672. The standard InChI is InChI=1S/C23H23N3O3/c27-19(15-25-16-24-21-12-5-4-11-20(21)23(25)29)14-18-10-6-7-13-26(18)22(28)17-8-2-1-3-9-17/h1-5,8-9,11-12,16,18H,6-7,10,13-15H2/t18-/m1/s1. The molecule has 6 nitrogen and oxygen atoms in total. The summed E-state index contributed by atoms with van der Waals surface area (Å²) in [5, 5.41) is 0.501. The zero-order chi connectivity index (χ0) is 20.2. The Morgan fingerprint density at radius 2 is 1.76 bits per heavy atom. The molecule has 0 radical (unpaired) electrons. The van der Waals surface area contributed by atoms with Crippen molar-refractivity contribution < 1.29 is 9.59 Å². The van der Waals surface area contributed by atoms with Crippen molar-refractivity contribution in [3.05, 3.63) is 76.8 Å². The van der Waals surface area contributed by atoms with Crippen molar-refractivity contribution in [2.45, 2.75) is 38.3 Å². The first-order chi connectivity index (χ1) is 14.1. The predicted molar refractivity (Wildman–Crippen MR) is 111 cm³/mol. The maximum absolute atomic E-state index is 12.9. The van der Waals surface area contributed by atoms with E-state index in [4.69, 9.17) is 0 Å². The number of nitrogens with zero attached hydrogens (tertiary/aromatic N) is 3. The minimum atomic E-state index is -0.218. The molecular weight excluding hydrogens is 366 g/mol. The van der Waals surface area contributed by atoms with Gasteiger partial charge in [0.15, 0.2) is 5.78 Å². The molecule has 0 spiro atoms. The monoisotopic (exact) mass is 389 g/mol. The Bertz CT molecular complexity index is 1090. The molecule has 1 amide bonds. The highest BCUT2D eigenvalue weighted by atomic mass is 16.2. The van der Waals surface area contributed by atoms with Crippen LogP contribution in [0.25, 0.3) is 10.9 Å². The summed E-state index contributed by atoms with van der Waals surface area (Å²) in [5.41, 5.74) is 1.04. The minimum absolute atomic E-state index is 0.0272. The molecule has 1 aromatic heterocycles. The van der Waals surface area contributed by atoms with Gasteiger partial charge in [-0.15, -0.1) is 0 Å². The number of fused-ring (bicyclic) bond motifs is 1. The van der Waals surface area contributed by atoms with Gasteiger partial charge in [0.1, 0.15) is 0 Å². The number of aromatic nitrogens is 2. The first-order valence-electron chi connectivity index (χ1n) is 9.95. The number of piperidine rings is 1. The van der Waals surface area contributed by atoms with Crippen LogP contribution in [-0.4, -0.2) is 38.7 Å². The first-order valence-corrected chi connectivity index (χ1v) is 9.95. The summed E-state index contributed by atoms with van der Waals surface area (Å²) in [6.07, 6.45) is 4.41. The highest BCUT2D eigenvalue weighted by Gasteiger charge is 2.29. The maximum Gasteiger partial charge on any atom is 0.261 e. The van der Waals surface area contributed by atoms with E-state index in [1.807, 2.05) is 29.2 Å². The molecule has 0 unspecified atom stereocenters. The van der Waals surface area contributed by atoms with Gasteiger partial charge in [0, 0.05) is 24.6 Å². The van der Waals surface area contributed by atoms with Gasteiger partial charge in [-0.2, -0.15) is 0 Å². The Labute approximate surface area is 168 Å². The molecule has 2 aromatic carbocycles. The number of hydrogen-bond acceptors (Lipinski definition) is 4. The largest absolute Gasteiger partial charge is 0.335 e. The lowest BCUT2D eigenvalue weighted by Crippen LogP contribution is -2.45. The number of Topliss-reactive ketones (excluding diaryl/α,β-unsaturated/α-hetero) is 1. The molecule has 1 atom stereocenters. The Morgan fingerprint density at radius 1 is 1.00 bits per heavy atom. The SMILES string of the molecule is O=C(C[C@H]1CCCCN1C(=O)c1ccccc1)Cn1cnc2ccccc2c1=O. The van der Waals surface area contributed by atoms with Crippen LogP contribution < -0.4 is 5.56 Å². The van der Waals surface area contributed by atoms with E-state index >= 15 is 0 Å². The molecule has 1 saturated heterocycles. The molecule has 6 heteroatoms. The van der Waals surface area contributed by atoms with E-state index in [9.17, 15) is 14.4 Å². The molecular formula is C23H23N3O3. The maximum atomic E-state index is 12.9. The number of hydrogen-bond donors (Lipinski definition) is 0. The first kappa shape index (κ1) is 19.1. The van der Waals surface area contributed by atoms with Gasteiger partial charge in [0.05, 0.1) is 23.8 Å². The zero-order valence-corrected chi connectivity index (χ0v) is 16.2. The van der Waals surface area contributed by atoms with Gasteiger partial charge in [-0.1, -0.05) is 30.3 Å². The number of benzene rings is 2. The van der Waals surface area contributed by atoms with Gasteiger partial charge in [0.25, 0.3) is 11.5 Å². The summed E-state index contributed by atoms with van der Waals surface area (Å²) in [4.78, 5) is 44.4. The molecule has 1 aliphatic rings. The van der Waals surface area contributed by atoms with Crippen LogP contribution >= 0.6 is 0 Å². The van der Waals surface area contributed by atoms with Crippen molar-refractivity contribution in [1.82, 2.24) is 14.5 Å². The number of carbonyl (C=O) groups excluding carboxylic acids is 2. The second-order valence-corrected chi connectivity index (χ2v) is 7.45. The van der Waals surface area contributed by atoms with Crippen LogP contribution in [0, 0.1) is 0 Å². The summed E-state index contributed by atoms with van der Waals surface area (Å²) in [5.74, 6) is -0.102. The Morgan fingerprint density at radius 3 is 2.59 bits per heavy atom. The Balaban J connectivity index is 1.49. The van der Waals surface area contributed by atoms with Gasteiger partial charge in [-0.3, -0.25) is 19.0 Å². The summed E-state index contributed by atoms with van der Waals surface area (Å²) >= 11 is 0. The van der Waals surface area contributed by atoms with E-state index < -0.39 is 0 Å². The zero-order valence-electron chi connectivity index (χ0n) is 16.2. The van der Waals surface area contributed by atoms with Gasteiger partial charge in [0.2, 0.25) is 0 Å². The number of likely N-dealkylation sites (tertiary alicyclic amines) is 1. The lowest BCUT2D eigenvalue weighted by atomic mass is 9.96. The summed E-state index contributed by atoms with van der Waals surface area (Å²) < 4.78 is 1.36. The number of rotatable bonds is 5. The van der Waals surface area contributed by atoms with Gasteiger partial charge in [-0.05, 0) is 43.5 Å². The number of amides is 1. The van der Waals surface area contributed by atoms with Crippen LogP contribution in [0.2, 0.25) is 0 Å². The van der Waals surface area contributed by atoms with Crippen LogP contribution in [0.4, 0.5) is 0 Å². The van der Waals surface area contributed by atoms with Crippen molar-refractivity contribution in [2.75, 3.05) is 6.54 Å². The average molecular weight is 389 g/mol. The van der Waals surface area contributed by atoms with Crippen LogP contribution in [0.1, 0.15) is 36.0 Å². The number of para-hydroxylation sites is 1. The second kappa shape index (κ2) is 8.39. The van der Waals surface area contributed by atoms with Crippen molar-refractivity contribution in [1.29, 1.82) is 0 Å². The molecule has 4 rings (SSSR count). The summed E-state index contributed by atoms with van der Waals surface area (Å²) in [6, 6.07) is 16.1. The van der Waals surface area contributed by atoms with E-state index in [0.29, 0.717) is 23.0 Å². The topological polar surface area (TPSA) is 72.3 Å². The van der Waals surface area contributed by atoms with Crippen molar-refractivity contribution >= 4 is 22.6 Å². The smallest absolute Gasteiger partial charge is 0.261 e. The summed E-state index contributed by atoms with van der Waals surface area (Å²) in [7, 11) is 0. The lowest BCUT2D eigenvalue weighted by molar-refractivity contribution is -0.120. The van der Waals surface area contributed by atoms with Gasteiger partial charge >= 0.3 is 0 Å². The van der Waals surface area contributed by atoms with E-state index in [2.05, 4.69) is 4.98 Å². The lowest BCUT2D eigenvalue weighted by Gasteiger charge is -2.35. The molecule has 0 aliphatic carbocycles. The Kier molecular flexibility index (Phi) is 5.51. The molecule has 29 heavy (non-hydrogen) atoms. The van der Waals surface area contributed by atoms with E-state index in [-0.39, 0.29) is 36.3 Å². The molecule has 1 fully saturated rings. The molecule has 0 N–H and O–H groups in total. The molecule has 0 bridgehead atoms. The molecule has 2 heterocycles. The highest BCUT2D eigenvalue weighted by Crippen LogP contribution is 2.22. The van der Waals surface area contributed by atoms with E-state index in [1.54, 1.807) is 30.3 Å². The van der Waals surface area contributed by atoms with Crippen molar-refractivity contribution in [2.24, 2.45) is 0 Å². The van der Waals surface area contributed by atoms with Crippen LogP contribution in [0.3, 0.4) is 0 Å². The van der Waals surface area contributed by atoms with Crippen molar-refractivity contribution in [3.8, 4) is 0 Å². The normalized spacial score (nSPS) is 16.7. The average Bonchev–Trinajstić information content (AvgIpc) is 2.76. The third-order valence-electron chi connectivity index (χ3n) is 5.45. The van der Waals surface area contributed by atoms with E-state index in [0.717, 1.165) is 19.3 Å². The highest BCUT2D eigenvalue weighted by molar-refractivity contribution is 5.94. The van der Waals surface area contributed by atoms with Crippen molar-refractivity contribution in [3.63, 3.8) is 0 Å². The van der Waals surface area contributed by atoms with E-state index in [1.165, 1.54) is 10.9 Å². The van der Waals surface area contributed by atoms with Crippen LogP contribution in [0.15, 0.2) is 65.7 Å². The number of carbonyl (C=O) groups is 2. The third kappa shape index (κ3) is 4.11. The minimum Gasteiger partial charge on any atom is -0.335 e. The van der Waals surface area contributed by atoms with Crippen LogP contribution in [-0.2, 0) is 11.3 Å². The molecule has 1 aliphatic heterocycles. The van der Waals surface area contributed by atoms with Crippen LogP contribution in [0.5, 0.6) is 0 Å². The fraction of sp³-hybridized carbons (Fsp3) is 0.304. The number of ketones is 1. The molecule has 0 saturated carbocycles. The second-order valence-electron chi connectivity index (χ2n) is 7.45. The van der Waals surface area contributed by atoms with Gasteiger partial charge < -0.3 is 4.90 Å². The fourth-order valence-electron chi connectivity index (χ4n) is 3.96. The molecule has 3 aromatic rings. The third-order valence-corrected chi connectivity index (χ3v) is 5.45. The fourth-order valence-corrected chi connectivity index (χ4v) is 3.96. The summed E-state index contributed by atoms with van der Waals surface area (Å²) in [6.45, 7) is 0.629.